The normalized spacial score (nSPS) is 13.6. The first-order chi connectivity index (χ1) is 19.6. The molecule has 1 fully saturated rings. The zero-order valence-corrected chi connectivity index (χ0v) is 24.2. The van der Waals surface area contributed by atoms with Gasteiger partial charge in [0.1, 0.15) is 5.75 Å². The minimum Gasteiger partial charge on any atom is -0.494 e. The van der Waals surface area contributed by atoms with E-state index in [1.807, 2.05) is 54.4 Å². The Balaban J connectivity index is 1.46. The number of fused-ring (bicyclic) bond motifs is 1. The average Bonchev–Trinajstić information content (AvgIpc) is 3.65. The SMILES string of the molecule is CCOc1ccc(CN(CCc2c[nH]c3ccccc23)C(=O)CN(CCCOC)C(=O)CCC2CCCC2)cc1. The number of methoxy groups -OCH3 is 1. The Kier molecular flexibility index (Phi) is 11.5. The van der Waals surface area contributed by atoms with Crippen molar-refractivity contribution in [2.75, 3.05) is 40.0 Å². The Morgan fingerprint density at radius 3 is 2.50 bits per heavy atom. The van der Waals surface area contributed by atoms with Gasteiger partial charge in [0.2, 0.25) is 11.8 Å². The minimum absolute atomic E-state index is 0.0274. The third-order valence-corrected chi connectivity index (χ3v) is 7.98. The Labute approximate surface area is 238 Å². The van der Waals surface area contributed by atoms with E-state index in [0.29, 0.717) is 51.6 Å². The van der Waals surface area contributed by atoms with E-state index in [1.165, 1.54) is 36.6 Å². The first-order valence-corrected chi connectivity index (χ1v) is 14.9. The van der Waals surface area contributed by atoms with Gasteiger partial charge in [0.25, 0.3) is 0 Å². The molecule has 40 heavy (non-hydrogen) atoms. The van der Waals surface area contributed by atoms with Crippen LogP contribution in [0.2, 0.25) is 0 Å². The summed E-state index contributed by atoms with van der Waals surface area (Å²) in [5.41, 5.74) is 3.32. The molecule has 0 unspecified atom stereocenters. The quantitative estimate of drug-likeness (QED) is 0.224. The number of hydrogen-bond acceptors (Lipinski definition) is 4. The molecule has 2 aromatic carbocycles. The predicted octanol–water partition coefficient (Wildman–Crippen LogP) is 5.97. The number of carbonyl (C=O) groups is 2. The van der Waals surface area contributed by atoms with Crippen molar-refractivity contribution < 1.29 is 19.1 Å². The summed E-state index contributed by atoms with van der Waals surface area (Å²) in [6.07, 6.45) is 9.90. The van der Waals surface area contributed by atoms with E-state index in [9.17, 15) is 9.59 Å². The number of hydrogen-bond donors (Lipinski definition) is 1. The van der Waals surface area contributed by atoms with Crippen LogP contribution in [0.1, 0.15) is 63.0 Å². The second-order valence-electron chi connectivity index (χ2n) is 10.9. The molecule has 0 aliphatic heterocycles. The van der Waals surface area contributed by atoms with Gasteiger partial charge in [0.05, 0.1) is 13.2 Å². The summed E-state index contributed by atoms with van der Waals surface area (Å²) in [7, 11) is 1.67. The molecule has 0 radical (unpaired) electrons. The first kappa shape index (κ1) is 29.7. The number of benzene rings is 2. The third kappa shape index (κ3) is 8.59. The van der Waals surface area contributed by atoms with Crippen molar-refractivity contribution in [2.24, 2.45) is 5.92 Å². The molecule has 0 spiro atoms. The third-order valence-electron chi connectivity index (χ3n) is 7.98. The van der Waals surface area contributed by atoms with Crippen LogP contribution in [0.3, 0.4) is 0 Å². The standard InChI is InChI=1S/C33H45N3O4/c1-3-40-29-16-13-27(14-17-29)24-36(21-19-28-23-34-31-12-7-6-11-30(28)31)33(38)25-35(20-8-22-39-2)32(37)18-15-26-9-4-5-10-26/h6-7,11-14,16-17,23,26,34H,3-5,8-10,15,18-22,24-25H2,1-2H3. The van der Waals surface area contributed by atoms with Crippen molar-refractivity contribution in [1.29, 1.82) is 0 Å². The first-order valence-electron chi connectivity index (χ1n) is 14.9. The van der Waals surface area contributed by atoms with E-state index in [-0.39, 0.29) is 18.4 Å². The molecular weight excluding hydrogens is 502 g/mol. The molecule has 0 bridgehead atoms. The smallest absolute Gasteiger partial charge is 0.242 e. The summed E-state index contributed by atoms with van der Waals surface area (Å²) in [6, 6.07) is 16.2. The highest BCUT2D eigenvalue weighted by Gasteiger charge is 2.23. The van der Waals surface area contributed by atoms with Crippen LogP contribution in [0.4, 0.5) is 0 Å². The molecule has 1 aliphatic carbocycles. The highest BCUT2D eigenvalue weighted by Crippen LogP contribution is 2.28. The number of rotatable bonds is 16. The van der Waals surface area contributed by atoms with Gasteiger partial charge in [-0.15, -0.1) is 0 Å². The summed E-state index contributed by atoms with van der Waals surface area (Å²) < 4.78 is 10.8. The highest BCUT2D eigenvalue weighted by molar-refractivity contribution is 5.85. The number of nitrogens with zero attached hydrogens (tertiary/aromatic N) is 2. The number of para-hydroxylation sites is 1. The van der Waals surface area contributed by atoms with Gasteiger partial charge in [-0.05, 0) is 61.4 Å². The fraction of sp³-hybridized carbons (Fsp3) is 0.515. The molecular formula is C33H45N3O4. The largest absolute Gasteiger partial charge is 0.494 e. The van der Waals surface area contributed by atoms with Crippen molar-refractivity contribution in [2.45, 2.75) is 64.8 Å². The molecule has 0 atom stereocenters. The Morgan fingerprint density at radius 2 is 1.75 bits per heavy atom. The number of aromatic amines is 1. The molecule has 0 saturated heterocycles. The van der Waals surface area contributed by atoms with Crippen LogP contribution in [0.5, 0.6) is 5.75 Å². The average molecular weight is 548 g/mol. The molecule has 1 saturated carbocycles. The second kappa shape index (κ2) is 15.5. The fourth-order valence-corrected chi connectivity index (χ4v) is 5.70. The van der Waals surface area contributed by atoms with E-state index in [4.69, 9.17) is 9.47 Å². The van der Waals surface area contributed by atoms with Crippen LogP contribution < -0.4 is 4.74 Å². The van der Waals surface area contributed by atoms with E-state index >= 15 is 0 Å². The van der Waals surface area contributed by atoms with Crippen LogP contribution in [0, 0.1) is 5.92 Å². The van der Waals surface area contributed by atoms with E-state index in [1.54, 1.807) is 12.0 Å². The molecule has 216 valence electrons. The maximum atomic E-state index is 13.8. The Bertz CT molecular complexity index is 1200. The van der Waals surface area contributed by atoms with Gasteiger partial charge in [-0.25, -0.2) is 0 Å². The lowest BCUT2D eigenvalue weighted by Gasteiger charge is -2.28. The van der Waals surface area contributed by atoms with Crippen LogP contribution in [-0.2, 0) is 27.3 Å². The molecule has 1 aromatic heterocycles. The van der Waals surface area contributed by atoms with Gasteiger partial charge >= 0.3 is 0 Å². The summed E-state index contributed by atoms with van der Waals surface area (Å²) >= 11 is 0. The molecule has 1 N–H and O–H groups in total. The fourth-order valence-electron chi connectivity index (χ4n) is 5.70. The maximum Gasteiger partial charge on any atom is 0.242 e. The Hall–Kier alpha value is -3.32. The highest BCUT2D eigenvalue weighted by atomic mass is 16.5. The lowest BCUT2D eigenvalue weighted by molar-refractivity contribution is -0.141. The van der Waals surface area contributed by atoms with Gasteiger partial charge in [-0.2, -0.15) is 0 Å². The summed E-state index contributed by atoms with van der Waals surface area (Å²) in [5.74, 6) is 1.52. The van der Waals surface area contributed by atoms with E-state index in [0.717, 1.165) is 29.7 Å². The van der Waals surface area contributed by atoms with Crippen molar-refractivity contribution in [3.05, 3.63) is 65.9 Å². The molecule has 1 heterocycles. The lowest BCUT2D eigenvalue weighted by Crippen LogP contribution is -2.44. The molecule has 3 aromatic rings. The van der Waals surface area contributed by atoms with Crippen LogP contribution in [0.15, 0.2) is 54.7 Å². The number of ether oxygens (including phenoxy) is 2. The maximum absolute atomic E-state index is 13.8. The number of nitrogens with one attached hydrogen (secondary N) is 1. The van der Waals surface area contributed by atoms with E-state index < -0.39 is 0 Å². The number of carbonyl (C=O) groups excluding carboxylic acids is 2. The monoisotopic (exact) mass is 547 g/mol. The van der Waals surface area contributed by atoms with Gasteiger partial charge < -0.3 is 24.3 Å². The number of amides is 2. The van der Waals surface area contributed by atoms with E-state index in [2.05, 4.69) is 17.1 Å². The van der Waals surface area contributed by atoms with Gasteiger partial charge in [0, 0.05) is 56.9 Å². The minimum atomic E-state index is -0.0274. The van der Waals surface area contributed by atoms with Crippen molar-refractivity contribution in [1.82, 2.24) is 14.8 Å². The zero-order chi connectivity index (χ0) is 28.2. The van der Waals surface area contributed by atoms with Crippen molar-refractivity contribution in [3.63, 3.8) is 0 Å². The number of H-pyrrole nitrogens is 1. The predicted molar refractivity (Wildman–Crippen MR) is 159 cm³/mol. The lowest BCUT2D eigenvalue weighted by atomic mass is 10.0. The van der Waals surface area contributed by atoms with Crippen molar-refractivity contribution in [3.8, 4) is 5.75 Å². The van der Waals surface area contributed by atoms with Crippen LogP contribution in [0.25, 0.3) is 10.9 Å². The molecule has 1 aliphatic rings. The zero-order valence-electron chi connectivity index (χ0n) is 24.2. The topological polar surface area (TPSA) is 74.9 Å². The molecule has 7 nitrogen and oxygen atoms in total. The van der Waals surface area contributed by atoms with Crippen LogP contribution >= 0.6 is 0 Å². The van der Waals surface area contributed by atoms with Crippen LogP contribution in [-0.4, -0.2) is 66.6 Å². The van der Waals surface area contributed by atoms with Crippen molar-refractivity contribution >= 4 is 22.7 Å². The van der Waals surface area contributed by atoms with Gasteiger partial charge in [-0.1, -0.05) is 56.0 Å². The van der Waals surface area contributed by atoms with Gasteiger partial charge in [0.15, 0.2) is 0 Å². The summed E-state index contributed by atoms with van der Waals surface area (Å²) in [4.78, 5) is 34.1. The van der Waals surface area contributed by atoms with Gasteiger partial charge in [-0.3, -0.25) is 9.59 Å². The number of aromatic nitrogens is 1. The molecule has 4 rings (SSSR count). The molecule has 2 amide bonds. The summed E-state index contributed by atoms with van der Waals surface area (Å²) in [6.45, 7) is 4.82. The molecule has 7 heteroatoms. The summed E-state index contributed by atoms with van der Waals surface area (Å²) in [5, 5.41) is 1.18. The second-order valence-corrected chi connectivity index (χ2v) is 10.9. The Morgan fingerprint density at radius 1 is 0.975 bits per heavy atom.